The van der Waals surface area contributed by atoms with Gasteiger partial charge in [0.05, 0.1) is 16.9 Å². The van der Waals surface area contributed by atoms with Gasteiger partial charge in [0.2, 0.25) is 0 Å². The van der Waals surface area contributed by atoms with E-state index >= 15 is 0 Å². The van der Waals surface area contributed by atoms with Crippen LogP contribution in [-0.2, 0) is 0 Å². The Hall–Kier alpha value is -2.89. The van der Waals surface area contributed by atoms with Gasteiger partial charge in [-0.1, -0.05) is 40.5 Å². The zero-order valence-electron chi connectivity index (χ0n) is 13.4. The molecule has 4 aromatic rings. The van der Waals surface area contributed by atoms with Crippen molar-refractivity contribution < 1.29 is 4.74 Å². The van der Waals surface area contributed by atoms with E-state index in [0.29, 0.717) is 21.5 Å². The molecule has 26 heavy (non-hydrogen) atoms. The zero-order valence-corrected chi connectivity index (χ0v) is 14.9. The third kappa shape index (κ3) is 3.27. The number of benzene rings is 2. The third-order valence-corrected chi connectivity index (χ3v) is 4.26. The molecule has 2 heterocycles. The molecule has 7 heteroatoms. The molecule has 0 unspecified atom stereocenters. The molecular formula is C19H12Cl2N4O. The highest BCUT2D eigenvalue weighted by Gasteiger charge is 2.14. The summed E-state index contributed by atoms with van der Waals surface area (Å²) in [5, 5.41) is 9.24. The Morgan fingerprint density at radius 2 is 1.69 bits per heavy atom. The van der Waals surface area contributed by atoms with Gasteiger partial charge in [-0.05, 0) is 42.5 Å². The van der Waals surface area contributed by atoms with Crippen molar-refractivity contribution >= 4 is 23.2 Å². The van der Waals surface area contributed by atoms with Crippen LogP contribution in [-0.4, -0.2) is 20.0 Å². The first kappa shape index (κ1) is 16.6. The van der Waals surface area contributed by atoms with Crippen LogP contribution in [0.15, 0.2) is 73.2 Å². The SMILES string of the molecule is Clc1ccc(Oc2ccccc2-n2nncc2-c2ccncc2)c(Cl)c1. The van der Waals surface area contributed by atoms with Gasteiger partial charge in [-0.2, -0.15) is 0 Å². The van der Waals surface area contributed by atoms with Crippen molar-refractivity contribution in [2.45, 2.75) is 0 Å². The van der Waals surface area contributed by atoms with Gasteiger partial charge in [-0.25, -0.2) is 4.68 Å². The lowest BCUT2D eigenvalue weighted by Gasteiger charge is -2.13. The standard InChI is InChI=1S/C19H12Cl2N4O/c20-14-5-6-18(15(21)11-14)26-19-4-2-1-3-16(19)25-17(12-23-24-25)13-7-9-22-10-8-13/h1-12H. The highest BCUT2D eigenvalue weighted by molar-refractivity contribution is 6.35. The molecule has 0 aliphatic heterocycles. The molecule has 0 aliphatic rings. The van der Waals surface area contributed by atoms with Crippen molar-refractivity contribution in [1.29, 1.82) is 0 Å². The van der Waals surface area contributed by atoms with Gasteiger partial charge in [0, 0.05) is 23.0 Å². The van der Waals surface area contributed by atoms with Gasteiger partial charge in [-0.15, -0.1) is 5.10 Å². The average Bonchev–Trinajstić information content (AvgIpc) is 3.15. The Bertz CT molecular complexity index is 1050. The number of nitrogens with zero attached hydrogens (tertiary/aromatic N) is 4. The first-order chi connectivity index (χ1) is 12.7. The lowest BCUT2D eigenvalue weighted by molar-refractivity contribution is 0.478. The number of hydrogen-bond acceptors (Lipinski definition) is 4. The summed E-state index contributed by atoms with van der Waals surface area (Å²) in [5.74, 6) is 1.10. The minimum Gasteiger partial charge on any atom is -0.454 e. The van der Waals surface area contributed by atoms with Crippen molar-refractivity contribution in [1.82, 2.24) is 20.0 Å². The number of rotatable bonds is 4. The van der Waals surface area contributed by atoms with Crippen LogP contribution in [0.1, 0.15) is 0 Å². The Labute approximate surface area is 159 Å². The normalized spacial score (nSPS) is 10.7. The fourth-order valence-corrected chi connectivity index (χ4v) is 2.97. The van der Waals surface area contributed by atoms with Crippen LogP contribution in [0.3, 0.4) is 0 Å². The molecular weight excluding hydrogens is 371 g/mol. The van der Waals surface area contributed by atoms with Crippen molar-refractivity contribution in [3.8, 4) is 28.4 Å². The van der Waals surface area contributed by atoms with Gasteiger partial charge < -0.3 is 4.74 Å². The molecule has 0 saturated heterocycles. The molecule has 0 saturated carbocycles. The van der Waals surface area contributed by atoms with E-state index in [4.69, 9.17) is 27.9 Å². The zero-order chi connectivity index (χ0) is 17.9. The lowest BCUT2D eigenvalue weighted by Crippen LogP contribution is -2.02. The van der Waals surface area contributed by atoms with Gasteiger partial charge >= 0.3 is 0 Å². The van der Waals surface area contributed by atoms with E-state index in [1.165, 1.54) is 0 Å². The van der Waals surface area contributed by atoms with Crippen molar-refractivity contribution in [2.24, 2.45) is 0 Å². The van der Waals surface area contributed by atoms with Crippen LogP contribution >= 0.6 is 23.2 Å². The third-order valence-electron chi connectivity index (χ3n) is 3.73. The maximum atomic E-state index is 6.23. The fraction of sp³-hybridized carbons (Fsp3) is 0. The first-order valence-electron chi connectivity index (χ1n) is 7.76. The van der Waals surface area contributed by atoms with E-state index < -0.39 is 0 Å². The molecule has 0 bridgehead atoms. The van der Waals surface area contributed by atoms with E-state index in [1.54, 1.807) is 41.5 Å². The first-order valence-corrected chi connectivity index (χ1v) is 8.51. The molecule has 0 atom stereocenters. The smallest absolute Gasteiger partial charge is 0.153 e. The molecule has 0 radical (unpaired) electrons. The van der Waals surface area contributed by atoms with Crippen LogP contribution in [0, 0.1) is 0 Å². The Morgan fingerprint density at radius 3 is 2.50 bits per heavy atom. The number of hydrogen-bond donors (Lipinski definition) is 0. The summed E-state index contributed by atoms with van der Waals surface area (Å²) in [6.45, 7) is 0. The van der Waals surface area contributed by atoms with Crippen LogP contribution in [0.2, 0.25) is 10.0 Å². The van der Waals surface area contributed by atoms with Crippen LogP contribution in [0.4, 0.5) is 0 Å². The number of ether oxygens (including phenoxy) is 1. The summed E-state index contributed by atoms with van der Waals surface area (Å²) in [6, 6.07) is 16.4. The highest BCUT2D eigenvalue weighted by atomic mass is 35.5. The number of aromatic nitrogens is 4. The van der Waals surface area contributed by atoms with E-state index in [1.807, 2.05) is 36.4 Å². The quantitative estimate of drug-likeness (QED) is 0.472. The second kappa shape index (κ2) is 7.15. The molecule has 0 spiro atoms. The summed E-state index contributed by atoms with van der Waals surface area (Å²) < 4.78 is 7.74. The van der Waals surface area contributed by atoms with Crippen molar-refractivity contribution in [2.75, 3.05) is 0 Å². The molecule has 0 aliphatic carbocycles. The molecule has 128 valence electrons. The van der Waals surface area contributed by atoms with Crippen molar-refractivity contribution in [3.05, 3.63) is 83.2 Å². The van der Waals surface area contributed by atoms with Crippen LogP contribution in [0.25, 0.3) is 16.9 Å². The Balaban J connectivity index is 1.77. The van der Waals surface area contributed by atoms with Gasteiger partial charge in [-0.3, -0.25) is 4.98 Å². The lowest BCUT2D eigenvalue weighted by atomic mass is 10.2. The number of para-hydroxylation sites is 2. The maximum Gasteiger partial charge on any atom is 0.153 e. The van der Waals surface area contributed by atoms with Crippen molar-refractivity contribution in [3.63, 3.8) is 0 Å². The average molecular weight is 383 g/mol. The molecule has 2 aromatic carbocycles. The largest absolute Gasteiger partial charge is 0.454 e. The molecule has 0 fully saturated rings. The molecule has 0 amide bonds. The topological polar surface area (TPSA) is 52.8 Å². The van der Waals surface area contributed by atoms with E-state index in [0.717, 1.165) is 16.9 Å². The second-order valence-corrected chi connectivity index (χ2v) is 6.26. The Kier molecular flexibility index (Phi) is 4.56. The number of pyridine rings is 1. The monoisotopic (exact) mass is 382 g/mol. The predicted molar refractivity (Wildman–Crippen MR) is 101 cm³/mol. The predicted octanol–water partition coefficient (Wildman–Crippen LogP) is 5.43. The summed E-state index contributed by atoms with van der Waals surface area (Å²) in [6.07, 6.45) is 5.15. The minimum atomic E-state index is 0.431. The number of halogens is 2. The van der Waals surface area contributed by atoms with Gasteiger partial charge in [0.15, 0.2) is 5.75 Å². The Morgan fingerprint density at radius 1 is 0.885 bits per heavy atom. The van der Waals surface area contributed by atoms with Crippen LogP contribution in [0.5, 0.6) is 11.5 Å². The van der Waals surface area contributed by atoms with Crippen LogP contribution < -0.4 is 4.74 Å². The molecule has 4 rings (SSSR count). The van der Waals surface area contributed by atoms with E-state index in [9.17, 15) is 0 Å². The van der Waals surface area contributed by atoms with Gasteiger partial charge in [0.1, 0.15) is 11.4 Å². The second-order valence-electron chi connectivity index (χ2n) is 5.41. The van der Waals surface area contributed by atoms with E-state index in [2.05, 4.69) is 15.3 Å². The van der Waals surface area contributed by atoms with Gasteiger partial charge in [0.25, 0.3) is 0 Å². The molecule has 5 nitrogen and oxygen atoms in total. The minimum absolute atomic E-state index is 0.431. The summed E-state index contributed by atoms with van der Waals surface area (Å²) in [5.41, 5.74) is 2.51. The molecule has 0 N–H and O–H groups in total. The molecule has 2 aromatic heterocycles. The highest BCUT2D eigenvalue weighted by Crippen LogP contribution is 2.35. The van der Waals surface area contributed by atoms with E-state index in [-0.39, 0.29) is 0 Å². The summed E-state index contributed by atoms with van der Waals surface area (Å²) in [4.78, 5) is 4.05. The summed E-state index contributed by atoms with van der Waals surface area (Å²) >= 11 is 12.2. The summed E-state index contributed by atoms with van der Waals surface area (Å²) in [7, 11) is 0. The fourth-order valence-electron chi connectivity index (χ4n) is 2.53. The maximum absolute atomic E-state index is 6.23.